The van der Waals surface area contributed by atoms with Gasteiger partial charge in [0, 0.05) is 0 Å². The molecule has 1 N–H and O–H groups in total. The zero-order chi connectivity index (χ0) is 11.6. The monoisotopic (exact) mass is 228 g/mol. The van der Waals surface area contributed by atoms with Crippen molar-refractivity contribution < 1.29 is 4.80 Å². The molecule has 0 heterocycles. The first-order valence-corrected chi connectivity index (χ1v) is 6.07. The Kier molecular flexibility index (Phi) is 5.92. The molecule has 0 aliphatic carbocycles. The van der Waals surface area contributed by atoms with Crippen molar-refractivity contribution in [2.45, 2.75) is 0 Å². The van der Waals surface area contributed by atoms with E-state index in [1.807, 2.05) is 36.4 Å². The summed E-state index contributed by atoms with van der Waals surface area (Å²) < 4.78 is 0. The van der Waals surface area contributed by atoms with Gasteiger partial charge in [0.25, 0.3) is 0 Å². The second-order valence-electron chi connectivity index (χ2n) is 3.15. The van der Waals surface area contributed by atoms with E-state index < -0.39 is 0 Å². The standard InChI is InChI=1S/C14H12.H4OSi/c1-3-7-13(8-4-1)11-12-14-9-5-2-6-10-14;1-2/h1-12H;1H,2H3. The van der Waals surface area contributed by atoms with Crippen LogP contribution in [0.5, 0.6) is 0 Å². The Bertz CT molecular complexity index is 368. The van der Waals surface area contributed by atoms with Gasteiger partial charge < -0.3 is 4.80 Å². The molecule has 0 saturated carbocycles. The molecule has 2 aromatic rings. The van der Waals surface area contributed by atoms with Gasteiger partial charge in [-0.25, -0.2) is 0 Å². The van der Waals surface area contributed by atoms with Crippen LogP contribution in [0.1, 0.15) is 11.1 Å². The highest BCUT2D eigenvalue weighted by atomic mass is 28.2. The van der Waals surface area contributed by atoms with Crippen molar-refractivity contribution in [1.29, 1.82) is 0 Å². The van der Waals surface area contributed by atoms with Gasteiger partial charge in [0.1, 0.15) is 10.5 Å². The van der Waals surface area contributed by atoms with E-state index in [0.717, 1.165) is 0 Å². The number of rotatable bonds is 2. The van der Waals surface area contributed by atoms with Crippen LogP contribution in [0, 0.1) is 0 Å². The summed E-state index contributed by atoms with van der Waals surface area (Å²) >= 11 is 0. The van der Waals surface area contributed by atoms with E-state index in [4.69, 9.17) is 4.80 Å². The minimum absolute atomic E-state index is 0.306. The first-order chi connectivity index (χ1) is 7.95. The molecule has 0 bridgehead atoms. The second kappa shape index (κ2) is 7.62. The van der Waals surface area contributed by atoms with Gasteiger partial charge >= 0.3 is 0 Å². The molecule has 0 aromatic heterocycles. The second-order valence-corrected chi connectivity index (χ2v) is 3.15. The maximum absolute atomic E-state index is 7.14. The normalized spacial score (nSPS) is 9.81. The summed E-state index contributed by atoms with van der Waals surface area (Å²) in [5, 5.41) is 0. The molecule has 16 heavy (non-hydrogen) atoms. The molecular weight excluding hydrogens is 212 g/mol. The van der Waals surface area contributed by atoms with E-state index >= 15 is 0 Å². The highest BCUT2D eigenvalue weighted by Crippen LogP contribution is 2.06. The lowest BCUT2D eigenvalue weighted by atomic mass is 10.1. The van der Waals surface area contributed by atoms with Crippen LogP contribution in [-0.4, -0.2) is 15.3 Å². The summed E-state index contributed by atoms with van der Waals surface area (Å²) in [6.45, 7) is 0. The van der Waals surface area contributed by atoms with Gasteiger partial charge in [0.2, 0.25) is 0 Å². The SMILES string of the molecule is C(=Cc1ccccc1)c1ccccc1.O[SiH3]. The van der Waals surface area contributed by atoms with E-state index in [1.165, 1.54) is 11.1 Å². The van der Waals surface area contributed by atoms with Crippen LogP contribution < -0.4 is 0 Å². The first-order valence-electron chi connectivity index (χ1n) is 5.18. The van der Waals surface area contributed by atoms with Gasteiger partial charge in [-0.15, -0.1) is 0 Å². The lowest BCUT2D eigenvalue weighted by molar-refractivity contribution is 0.629. The van der Waals surface area contributed by atoms with Crippen LogP contribution in [0.3, 0.4) is 0 Å². The molecule has 0 fully saturated rings. The molecule has 0 aliphatic rings. The van der Waals surface area contributed by atoms with Crippen molar-refractivity contribution in [3.63, 3.8) is 0 Å². The van der Waals surface area contributed by atoms with Gasteiger partial charge in [-0.1, -0.05) is 72.8 Å². The Morgan fingerprint density at radius 3 is 1.25 bits per heavy atom. The van der Waals surface area contributed by atoms with Crippen molar-refractivity contribution in [2.24, 2.45) is 0 Å². The van der Waals surface area contributed by atoms with Crippen LogP contribution in [0.15, 0.2) is 60.7 Å². The molecule has 2 rings (SSSR count). The Labute approximate surface area is 99.6 Å². The fourth-order valence-electron chi connectivity index (χ4n) is 1.32. The van der Waals surface area contributed by atoms with Crippen molar-refractivity contribution in [2.75, 3.05) is 0 Å². The molecule has 0 amide bonds. The molecule has 2 aromatic carbocycles. The number of benzene rings is 2. The van der Waals surface area contributed by atoms with Crippen molar-refractivity contribution in [1.82, 2.24) is 0 Å². The molecule has 0 radical (unpaired) electrons. The van der Waals surface area contributed by atoms with Gasteiger partial charge in [-0.2, -0.15) is 0 Å². The maximum atomic E-state index is 7.14. The van der Waals surface area contributed by atoms with E-state index in [0.29, 0.717) is 10.5 Å². The predicted molar refractivity (Wildman–Crippen MR) is 74.0 cm³/mol. The summed E-state index contributed by atoms with van der Waals surface area (Å²) in [6.07, 6.45) is 4.24. The number of hydrogen-bond acceptors (Lipinski definition) is 1. The molecule has 0 spiro atoms. The van der Waals surface area contributed by atoms with E-state index in [-0.39, 0.29) is 0 Å². The zero-order valence-corrected chi connectivity index (χ0v) is 11.4. The van der Waals surface area contributed by atoms with E-state index in [2.05, 4.69) is 36.4 Å². The van der Waals surface area contributed by atoms with E-state index in [9.17, 15) is 0 Å². The van der Waals surface area contributed by atoms with Gasteiger partial charge in [0.05, 0.1) is 0 Å². The minimum Gasteiger partial charge on any atom is -0.442 e. The molecule has 0 saturated heterocycles. The Morgan fingerprint density at radius 2 is 0.938 bits per heavy atom. The number of hydrogen-bond donors (Lipinski definition) is 1. The topological polar surface area (TPSA) is 20.2 Å². The summed E-state index contributed by atoms with van der Waals surface area (Å²) in [6, 6.07) is 20.6. The molecule has 2 heteroatoms. The smallest absolute Gasteiger partial charge is 0.141 e. The Morgan fingerprint density at radius 1 is 0.625 bits per heavy atom. The van der Waals surface area contributed by atoms with Gasteiger partial charge in [0.15, 0.2) is 0 Å². The molecule has 0 atom stereocenters. The summed E-state index contributed by atoms with van der Waals surface area (Å²) in [7, 11) is 0.306. The quantitative estimate of drug-likeness (QED) is 0.616. The molecule has 0 unspecified atom stereocenters. The van der Waals surface area contributed by atoms with Crippen LogP contribution in [0.2, 0.25) is 0 Å². The van der Waals surface area contributed by atoms with Crippen molar-refractivity contribution >= 4 is 22.6 Å². The maximum Gasteiger partial charge on any atom is 0.141 e. The highest BCUT2D eigenvalue weighted by Gasteiger charge is 1.84. The van der Waals surface area contributed by atoms with Crippen LogP contribution in [0.25, 0.3) is 12.2 Å². The fourth-order valence-corrected chi connectivity index (χ4v) is 1.32. The van der Waals surface area contributed by atoms with Crippen LogP contribution >= 0.6 is 0 Å². The summed E-state index contributed by atoms with van der Waals surface area (Å²) in [4.78, 5) is 7.14. The average Bonchev–Trinajstić information content (AvgIpc) is 2.41. The third-order valence-corrected chi connectivity index (χ3v) is 2.07. The summed E-state index contributed by atoms with van der Waals surface area (Å²) in [5.41, 5.74) is 2.47. The molecule has 82 valence electrons. The summed E-state index contributed by atoms with van der Waals surface area (Å²) in [5.74, 6) is 0. The molecule has 0 aliphatic heterocycles. The molecule has 1 nitrogen and oxygen atoms in total. The highest BCUT2D eigenvalue weighted by molar-refractivity contribution is 5.95. The lowest BCUT2D eigenvalue weighted by Crippen LogP contribution is -1.70. The van der Waals surface area contributed by atoms with E-state index in [1.54, 1.807) is 0 Å². The first kappa shape index (κ1) is 12.4. The Balaban J connectivity index is 0.000000606. The van der Waals surface area contributed by atoms with Crippen molar-refractivity contribution in [3.8, 4) is 0 Å². The molecular formula is C14H16OSi. The van der Waals surface area contributed by atoms with Gasteiger partial charge in [-0.3, -0.25) is 0 Å². The Hall–Kier alpha value is -1.64. The average molecular weight is 228 g/mol. The van der Waals surface area contributed by atoms with Gasteiger partial charge in [-0.05, 0) is 11.1 Å². The largest absolute Gasteiger partial charge is 0.442 e. The van der Waals surface area contributed by atoms with Crippen molar-refractivity contribution in [3.05, 3.63) is 71.8 Å². The fraction of sp³-hybridized carbons (Fsp3) is 0. The van der Waals surface area contributed by atoms with Crippen LogP contribution in [-0.2, 0) is 0 Å². The lowest BCUT2D eigenvalue weighted by Gasteiger charge is -1.92. The third-order valence-electron chi connectivity index (χ3n) is 2.07. The predicted octanol–water partition coefficient (Wildman–Crippen LogP) is 2.12. The zero-order valence-electron chi connectivity index (χ0n) is 9.38. The van der Waals surface area contributed by atoms with Crippen LogP contribution in [0.4, 0.5) is 0 Å². The minimum atomic E-state index is 0.306. The third kappa shape index (κ3) is 4.25.